The maximum absolute atomic E-state index is 10.6. The Hall–Kier alpha value is -1.40. The molecule has 1 heterocycles. The molecule has 3 heteroatoms. The summed E-state index contributed by atoms with van der Waals surface area (Å²) in [6, 6.07) is 0. The van der Waals surface area contributed by atoms with E-state index < -0.39 is 5.60 Å². The van der Waals surface area contributed by atoms with Gasteiger partial charge in [0.25, 0.3) is 0 Å². The highest BCUT2D eigenvalue weighted by molar-refractivity contribution is 5.61. The summed E-state index contributed by atoms with van der Waals surface area (Å²) in [6.45, 7) is 12.9. The molecule has 3 nitrogen and oxygen atoms in total. The molecule has 0 fully saturated rings. The molecule has 1 unspecified atom stereocenters. The maximum Gasteiger partial charge on any atom is 0.211 e. The molecule has 0 bridgehead atoms. The number of hydrogen-bond acceptors (Lipinski definition) is 2. The van der Waals surface area contributed by atoms with Crippen LogP contribution >= 0.6 is 0 Å². The summed E-state index contributed by atoms with van der Waals surface area (Å²) < 4.78 is 0. The van der Waals surface area contributed by atoms with Crippen LogP contribution in [0.25, 0.3) is 4.85 Å². The van der Waals surface area contributed by atoms with Crippen molar-refractivity contribution in [3.8, 4) is 0 Å². The van der Waals surface area contributed by atoms with E-state index in [0.29, 0.717) is 5.69 Å². The molecule has 1 aliphatic carbocycles. The molecule has 1 N–H and O–H groups in total. The number of rotatable bonds is 0. The SMILES string of the molecule is [C-]#[N+]c1c(C)nc(C)c2c1CCCCC2(C)O. The fraction of sp³-hybridized carbons (Fsp3) is 0.571. The molecule has 0 saturated carbocycles. The Morgan fingerprint density at radius 1 is 1.29 bits per heavy atom. The summed E-state index contributed by atoms with van der Waals surface area (Å²) in [4.78, 5) is 8.03. The van der Waals surface area contributed by atoms with Gasteiger partial charge in [0, 0.05) is 11.4 Å². The summed E-state index contributed by atoms with van der Waals surface area (Å²) in [6.07, 6.45) is 3.67. The number of aryl methyl sites for hydroxylation is 2. The smallest absolute Gasteiger partial charge is 0.211 e. The van der Waals surface area contributed by atoms with Crippen LogP contribution in [0.2, 0.25) is 0 Å². The third kappa shape index (κ3) is 1.94. The molecule has 0 aromatic carbocycles. The van der Waals surface area contributed by atoms with Crippen LogP contribution < -0.4 is 0 Å². The Kier molecular flexibility index (Phi) is 2.92. The second-order valence-corrected chi connectivity index (χ2v) is 5.08. The molecule has 1 atom stereocenters. The minimum Gasteiger partial charge on any atom is -0.385 e. The number of aliphatic hydroxyl groups is 1. The Balaban J connectivity index is 2.77. The van der Waals surface area contributed by atoms with Gasteiger partial charge in [-0.15, -0.1) is 0 Å². The number of aromatic nitrogens is 1. The van der Waals surface area contributed by atoms with Gasteiger partial charge in [-0.1, -0.05) is 6.42 Å². The number of pyridine rings is 1. The molecule has 2 rings (SSSR count). The van der Waals surface area contributed by atoms with E-state index in [1.54, 1.807) is 0 Å². The normalized spacial score (nSPS) is 23.7. The van der Waals surface area contributed by atoms with Gasteiger partial charge < -0.3 is 5.11 Å². The van der Waals surface area contributed by atoms with Gasteiger partial charge in [0.1, 0.15) is 0 Å². The van der Waals surface area contributed by atoms with Crippen molar-refractivity contribution >= 4 is 5.69 Å². The fourth-order valence-electron chi connectivity index (χ4n) is 2.92. The minimum atomic E-state index is -0.837. The van der Waals surface area contributed by atoms with Gasteiger partial charge in [0.05, 0.1) is 12.2 Å². The quantitative estimate of drug-likeness (QED) is 0.549. The molecule has 1 aromatic rings. The second kappa shape index (κ2) is 4.12. The zero-order valence-corrected chi connectivity index (χ0v) is 10.7. The fourth-order valence-corrected chi connectivity index (χ4v) is 2.92. The lowest BCUT2D eigenvalue weighted by Crippen LogP contribution is -2.23. The van der Waals surface area contributed by atoms with Crippen molar-refractivity contribution in [2.24, 2.45) is 0 Å². The highest BCUT2D eigenvalue weighted by atomic mass is 16.3. The van der Waals surface area contributed by atoms with Gasteiger partial charge in [-0.3, -0.25) is 4.98 Å². The van der Waals surface area contributed by atoms with Gasteiger partial charge in [-0.05, 0) is 51.2 Å². The summed E-state index contributed by atoms with van der Waals surface area (Å²) in [5.74, 6) is 0. The van der Waals surface area contributed by atoms with Gasteiger partial charge in [0.2, 0.25) is 5.69 Å². The molecule has 0 spiro atoms. The highest BCUT2D eigenvalue weighted by Gasteiger charge is 2.32. The Labute approximate surface area is 102 Å². The third-order valence-corrected chi connectivity index (χ3v) is 3.62. The number of nitrogens with zero attached hydrogens (tertiary/aromatic N) is 2. The molecule has 0 radical (unpaired) electrons. The number of fused-ring (bicyclic) bond motifs is 1. The van der Waals surface area contributed by atoms with Gasteiger partial charge in [0.15, 0.2) is 0 Å². The Bertz CT molecular complexity index is 498. The zero-order chi connectivity index (χ0) is 12.6. The standard InChI is InChI=1S/C14H18N2O/c1-9-12-11(13(15-4)10(2)16-9)7-5-6-8-14(12,3)17/h17H,5-8H2,1-3H3. The summed E-state index contributed by atoms with van der Waals surface area (Å²) in [5.41, 5.74) is 3.38. The summed E-state index contributed by atoms with van der Waals surface area (Å²) >= 11 is 0. The van der Waals surface area contributed by atoms with E-state index in [4.69, 9.17) is 6.57 Å². The van der Waals surface area contributed by atoms with Gasteiger partial charge >= 0.3 is 0 Å². The van der Waals surface area contributed by atoms with E-state index >= 15 is 0 Å². The van der Waals surface area contributed by atoms with E-state index in [2.05, 4.69) is 9.83 Å². The van der Waals surface area contributed by atoms with Crippen LogP contribution in [0.5, 0.6) is 0 Å². The van der Waals surface area contributed by atoms with Crippen molar-refractivity contribution in [3.63, 3.8) is 0 Å². The molecule has 1 aromatic heterocycles. The maximum atomic E-state index is 10.6. The molecule has 1 aliphatic rings. The number of hydrogen-bond donors (Lipinski definition) is 1. The van der Waals surface area contributed by atoms with Crippen molar-refractivity contribution in [2.45, 2.75) is 52.1 Å². The van der Waals surface area contributed by atoms with E-state index in [9.17, 15) is 5.11 Å². The van der Waals surface area contributed by atoms with E-state index in [0.717, 1.165) is 48.2 Å². The van der Waals surface area contributed by atoms with Crippen LogP contribution in [0.3, 0.4) is 0 Å². The van der Waals surface area contributed by atoms with Crippen LogP contribution in [-0.2, 0) is 12.0 Å². The Morgan fingerprint density at radius 3 is 2.65 bits per heavy atom. The van der Waals surface area contributed by atoms with Crippen LogP contribution in [0, 0.1) is 20.4 Å². The first-order chi connectivity index (χ1) is 7.97. The Morgan fingerprint density at radius 2 is 2.00 bits per heavy atom. The summed E-state index contributed by atoms with van der Waals surface area (Å²) in [7, 11) is 0. The van der Waals surface area contributed by atoms with Crippen molar-refractivity contribution in [1.29, 1.82) is 0 Å². The van der Waals surface area contributed by atoms with Crippen LogP contribution in [0.4, 0.5) is 5.69 Å². The highest BCUT2D eigenvalue weighted by Crippen LogP contribution is 2.40. The zero-order valence-electron chi connectivity index (χ0n) is 10.7. The monoisotopic (exact) mass is 230 g/mol. The first-order valence-corrected chi connectivity index (χ1v) is 6.08. The second-order valence-electron chi connectivity index (χ2n) is 5.08. The van der Waals surface area contributed by atoms with E-state index in [1.165, 1.54) is 0 Å². The van der Waals surface area contributed by atoms with Gasteiger partial charge in [-0.25, -0.2) is 4.85 Å². The van der Waals surface area contributed by atoms with Crippen molar-refractivity contribution in [1.82, 2.24) is 4.98 Å². The molecule has 90 valence electrons. The lowest BCUT2D eigenvalue weighted by molar-refractivity contribution is 0.0463. The van der Waals surface area contributed by atoms with Crippen molar-refractivity contribution < 1.29 is 5.11 Å². The first-order valence-electron chi connectivity index (χ1n) is 6.08. The predicted octanol–water partition coefficient (Wildman–Crippen LogP) is 3.18. The van der Waals surface area contributed by atoms with E-state index in [1.807, 2.05) is 20.8 Å². The van der Waals surface area contributed by atoms with Crippen LogP contribution in [0.15, 0.2) is 0 Å². The largest absolute Gasteiger partial charge is 0.385 e. The first kappa shape index (κ1) is 12.1. The summed E-state index contributed by atoms with van der Waals surface area (Å²) in [5, 5.41) is 10.6. The average molecular weight is 230 g/mol. The predicted molar refractivity (Wildman–Crippen MR) is 67.1 cm³/mol. The topological polar surface area (TPSA) is 37.5 Å². The molecule has 0 saturated heterocycles. The molecular formula is C14H18N2O. The molecule has 17 heavy (non-hydrogen) atoms. The molecule has 0 amide bonds. The van der Waals surface area contributed by atoms with Crippen LogP contribution in [-0.4, -0.2) is 10.1 Å². The van der Waals surface area contributed by atoms with Crippen LogP contribution in [0.1, 0.15) is 48.7 Å². The lowest BCUT2D eigenvalue weighted by Gasteiger charge is -2.26. The molecular weight excluding hydrogens is 212 g/mol. The minimum absolute atomic E-state index is 0.646. The van der Waals surface area contributed by atoms with Crippen molar-refractivity contribution in [2.75, 3.05) is 0 Å². The average Bonchev–Trinajstić information content (AvgIpc) is 2.37. The third-order valence-electron chi connectivity index (χ3n) is 3.62. The lowest BCUT2D eigenvalue weighted by atomic mass is 9.87. The molecule has 0 aliphatic heterocycles. The van der Waals surface area contributed by atoms with Gasteiger partial charge in [-0.2, -0.15) is 0 Å². The van der Waals surface area contributed by atoms with Crippen molar-refractivity contribution in [3.05, 3.63) is 33.9 Å². The van der Waals surface area contributed by atoms with E-state index in [-0.39, 0.29) is 0 Å².